The minimum absolute atomic E-state index is 0.225. The van der Waals surface area contributed by atoms with E-state index < -0.39 is 0 Å². The Morgan fingerprint density at radius 2 is 1.61 bits per heavy atom. The highest BCUT2D eigenvalue weighted by Crippen LogP contribution is 2.40. The first-order valence-electron chi connectivity index (χ1n) is 10.0. The summed E-state index contributed by atoms with van der Waals surface area (Å²) in [5, 5.41) is 8.42. The Balaban J connectivity index is 1.84. The van der Waals surface area contributed by atoms with Crippen LogP contribution in [0.4, 0.5) is 0 Å². The summed E-state index contributed by atoms with van der Waals surface area (Å²) in [5.74, 6) is 3.00. The van der Waals surface area contributed by atoms with Crippen LogP contribution in [0.5, 0.6) is 28.7 Å². The lowest BCUT2D eigenvalue weighted by molar-refractivity contribution is 0.311. The molecule has 4 rings (SSSR count). The summed E-state index contributed by atoms with van der Waals surface area (Å²) in [4.78, 5) is 13.7. The van der Waals surface area contributed by atoms with E-state index in [9.17, 15) is 4.79 Å². The summed E-state index contributed by atoms with van der Waals surface area (Å²) in [7, 11) is 6.17. The molecule has 0 aliphatic heterocycles. The van der Waals surface area contributed by atoms with Crippen molar-refractivity contribution in [2.75, 3.05) is 35.0 Å². The number of methoxy groups -OCH3 is 4. The zero-order chi connectivity index (χ0) is 23.5. The van der Waals surface area contributed by atoms with Gasteiger partial charge in [-0.05, 0) is 42.8 Å². The van der Waals surface area contributed by atoms with Gasteiger partial charge in [0.15, 0.2) is 28.8 Å². The molecule has 0 aliphatic carbocycles. The highest BCUT2D eigenvalue weighted by molar-refractivity contribution is 7.15. The quantitative estimate of drug-likeness (QED) is 0.389. The zero-order valence-electron chi connectivity index (χ0n) is 18.9. The van der Waals surface area contributed by atoms with Gasteiger partial charge in [0.25, 0.3) is 5.56 Å². The van der Waals surface area contributed by atoms with Gasteiger partial charge in [-0.1, -0.05) is 17.4 Å². The summed E-state index contributed by atoms with van der Waals surface area (Å²) < 4.78 is 29.2. The lowest BCUT2D eigenvalue weighted by Crippen LogP contribution is -2.23. The number of benzene rings is 2. The van der Waals surface area contributed by atoms with Crippen molar-refractivity contribution in [1.82, 2.24) is 14.6 Å². The number of hydrogen-bond acceptors (Lipinski definition) is 9. The molecule has 33 heavy (non-hydrogen) atoms. The first kappa shape index (κ1) is 22.4. The predicted molar refractivity (Wildman–Crippen MR) is 125 cm³/mol. The summed E-state index contributed by atoms with van der Waals surface area (Å²) in [6, 6.07) is 8.98. The third-order valence-electron chi connectivity index (χ3n) is 4.96. The second-order valence-corrected chi connectivity index (χ2v) is 7.82. The van der Waals surface area contributed by atoms with E-state index in [0.29, 0.717) is 56.2 Å². The maximum Gasteiger partial charge on any atom is 0.276 e. The highest BCUT2D eigenvalue weighted by atomic mass is 32.1. The largest absolute Gasteiger partial charge is 0.493 e. The van der Waals surface area contributed by atoms with Crippen LogP contribution in [0.15, 0.2) is 35.1 Å². The van der Waals surface area contributed by atoms with E-state index in [1.165, 1.54) is 37.1 Å². The lowest BCUT2D eigenvalue weighted by atomic mass is 10.1. The number of nitrogens with zero attached hydrogens (tertiary/aromatic N) is 3. The third-order valence-corrected chi connectivity index (χ3v) is 5.92. The Morgan fingerprint density at radius 3 is 2.21 bits per heavy atom. The Bertz CT molecular complexity index is 1390. The number of hydrogen-bond donors (Lipinski definition) is 0. The van der Waals surface area contributed by atoms with Gasteiger partial charge in [-0.15, -0.1) is 10.2 Å². The molecular weight excluding hydrogens is 446 g/mol. The summed E-state index contributed by atoms with van der Waals surface area (Å²) in [6.45, 7) is 2.44. The molecule has 2 heterocycles. The molecule has 0 fully saturated rings. The number of fused-ring (bicyclic) bond motifs is 1. The molecule has 0 saturated carbocycles. The molecule has 0 amide bonds. The molecule has 0 N–H and O–H groups in total. The standard InChI is InChI=1S/C23H23N3O6S/c1-6-32-15-8-7-13(9-16(15)28-2)10-19-22(27)26-21(24-25-23(26)33-19)14-11-17(29-3)20(31-5)18(12-14)30-4/h7-12H,6H2,1-5H3. The van der Waals surface area contributed by atoms with Crippen molar-refractivity contribution in [3.8, 4) is 40.1 Å². The van der Waals surface area contributed by atoms with Gasteiger partial charge < -0.3 is 23.7 Å². The molecule has 0 atom stereocenters. The fourth-order valence-electron chi connectivity index (χ4n) is 3.46. The molecule has 172 valence electrons. The van der Waals surface area contributed by atoms with Crippen LogP contribution in [0.25, 0.3) is 22.4 Å². The molecule has 2 aromatic heterocycles. The average molecular weight is 470 g/mol. The number of rotatable bonds is 8. The van der Waals surface area contributed by atoms with E-state index in [1.807, 2.05) is 25.1 Å². The lowest BCUT2D eigenvalue weighted by Gasteiger charge is -2.13. The van der Waals surface area contributed by atoms with Crippen LogP contribution >= 0.6 is 11.3 Å². The monoisotopic (exact) mass is 469 g/mol. The minimum Gasteiger partial charge on any atom is -0.493 e. The number of thiazole rings is 1. The molecule has 0 bridgehead atoms. The molecule has 10 heteroatoms. The molecule has 2 aromatic carbocycles. The second kappa shape index (κ2) is 9.37. The molecule has 0 saturated heterocycles. The Hall–Kier alpha value is -3.79. The van der Waals surface area contributed by atoms with Gasteiger partial charge in [0.2, 0.25) is 10.7 Å². The Kier molecular flexibility index (Phi) is 6.36. The van der Waals surface area contributed by atoms with E-state index in [4.69, 9.17) is 23.7 Å². The van der Waals surface area contributed by atoms with Crippen LogP contribution in [0.1, 0.15) is 12.5 Å². The second-order valence-electron chi connectivity index (χ2n) is 6.81. The molecule has 0 spiro atoms. The summed E-state index contributed by atoms with van der Waals surface area (Å²) in [6.07, 6.45) is 1.79. The van der Waals surface area contributed by atoms with Crippen molar-refractivity contribution in [3.05, 3.63) is 50.8 Å². The third kappa shape index (κ3) is 4.05. The van der Waals surface area contributed by atoms with Crippen LogP contribution in [-0.2, 0) is 0 Å². The van der Waals surface area contributed by atoms with Crippen LogP contribution in [0.2, 0.25) is 0 Å². The molecule has 0 aliphatic rings. The van der Waals surface area contributed by atoms with Crippen LogP contribution in [0, 0.1) is 0 Å². The van der Waals surface area contributed by atoms with E-state index in [-0.39, 0.29) is 5.56 Å². The fourth-order valence-corrected chi connectivity index (χ4v) is 4.37. The van der Waals surface area contributed by atoms with E-state index in [0.717, 1.165) is 5.56 Å². The fraction of sp³-hybridized carbons (Fsp3) is 0.261. The van der Waals surface area contributed by atoms with Gasteiger partial charge >= 0.3 is 0 Å². The van der Waals surface area contributed by atoms with Crippen molar-refractivity contribution < 1.29 is 23.7 Å². The smallest absolute Gasteiger partial charge is 0.276 e. The molecule has 9 nitrogen and oxygen atoms in total. The molecule has 0 radical (unpaired) electrons. The zero-order valence-corrected chi connectivity index (χ0v) is 19.7. The number of ether oxygens (including phenoxy) is 5. The summed E-state index contributed by atoms with van der Waals surface area (Å²) in [5.41, 5.74) is 1.19. The average Bonchev–Trinajstić information content (AvgIpc) is 3.39. The molecular formula is C23H23N3O6S. The van der Waals surface area contributed by atoms with Crippen molar-refractivity contribution in [2.24, 2.45) is 0 Å². The van der Waals surface area contributed by atoms with Crippen molar-refractivity contribution in [2.45, 2.75) is 6.92 Å². The van der Waals surface area contributed by atoms with E-state index in [1.54, 1.807) is 25.3 Å². The van der Waals surface area contributed by atoms with Gasteiger partial charge in [-0.25, -0.2) is 4.40 Å². The molecule has 4 aromatic rings. The van der Waals surface area contributed by atoms with Gasteiger partial charge in [-0.2, -0.15) is 0 Å². The van der Waals surface area contributed by atoms with E-state index >= 15 is 0 Å². The highest BCUT2D eigenvalue weighted by Gasteiger charge is 2.19. The van der Waals surface area contributed by atoms with Gasteiger partial charge in [0.1, 0.15) is 0 Å². The van der Waals surface area contributed by atoms with Crippen molar-refractivity contribution >= 4 is 22.4 Å². The predicted octanol–water partition coefficient (Wildman–Crippen LogP) is 2.80. The van der Waals surface area contributed by atoms with Gasteiger partial charge in [-0.3, -0.25) is 4.79 Å². The van der Waals surface area contributed by atoms with Gasteiger partial charge in [0, 0.05) is 5.56 Å². The van der Waals surface area contributed by atoms with Crippen LogP contribution in [0.3, 0.4) is 0 Å². The first-order valence-corrected chi connectivity index (χ1v) is 10.9. The van der Waals surface area contributed by atoms with Crippen molar-refractivity contribution in [3.63, 3.8) is 0 Å². The Labute approximate surface area is 193 Å². The minimum atomic E-state index is -0.225. The van der Waals surface area contributed by atoms with Crippen LogP contribution in [-0.4, -0.2) is 49.6 Å². The van der Waals surface area contributed by atoms with Crippen molar-refractivity contribution in [1.29, 1.82) is 0 Å². The SMILES string of the molecule is CCOc1ccc(C=c2sc3nnc(-c4cc(OC)c(OC)c(OC)c4)n3c2=O)cc1OC. The van der Waals surface area contributed by atoms with E-state index in [2.05, 4.69) is 10.2 Å². The van der Waals surface area contributed by atoms with Crippen LogP contribution < -0.4 is 33.8 Å². The molecule has 0 unspecified atom stereocenters. The number of aromatic nitrogens is 3. The topological polar surface area (TPSA) is 93.4 Å². The maximum absolute atomic E-state index is 13.3. The first-order chi connectivity index (χ1) is 16.0. The Morgan fingerprint density at radius 1 is 0.909 bits per heavy atom. The normalized spacial score (nSPS) is 11.6. The summed E-state index contributed by atoms with van der Waals surface area (Å²) >= 11 is 1.25. The maximum atomic E-state index is 13.3. The van der Waals surface area contributed by atoms with Gasteiger partial charge in [0.05, 0.1) is 39.6 Å².